The van der Waals surface area contributed by atoms with Crippen molar-refractivity contribution in [2.75, 3.05) is 27.8 Å². The molecule has 0 radical (unpaired) electrons. The minimum Gasteiger partial charge on any atom is -0.497 e. The third-order valence-electron chi connectivity index (χ3n) is 4.79. The first-order valence-electron chi connectivity index (χ1n) is 9.61. The Morgan fingerprint density at radius 3 is 2.35 bits per heavy atom. The Labute approximate surface area is 180 Å². The number of primary amides is 1. The zero-order chi connectivity index (χ0) is 22.4. The van der Waals surface area contributed by atoms with Crippen molar-refractivity contribution in [1.82, 2.24) is 20.2 Å². The van der Waals surface area contributed by atoms with Crippen molar-refractivity contribution in [2.24, 2.45) is 5.73 Å². The van der Waals surface area contributed by atoms with Crippen LogP contribution in [0.5, 0.6) is 5.75 Å². The van der Waals surface area contributed by atoms with Crippen LogP contribution in [0.25, 0.3) is 16.8 Å². The van der Waals surface area contributed by atoms with E-state index < -0.39 is 6.03 Å². The molecule has 31 heavy (non-hydrogen) atoms. The summed E-state index contributed by atoms with van der Waals surface area (Å²) >= 11 is 0. The van der Waals surface area contributed by atoms with E-state index in [9.17, 15) is 9.59 Å². The predicted molar refractivity (Wildman–Crippen MR) is 116 cm³/mol. The van der Waals surface area contributed by atoms with E-state index in [1.165, 1.54) is 14.2 Å². The van der Waals surface area contributed by atoms with E-state index in [1.807, 2.05) is 54.7 Å². The molecule has 162 valence electrons. The molecule has 0 bridgehead atoms. The van der Waals surface area contributed by atoms with Crippen LogP contribution < -0.4 is 15.8 Å². The fourth-order valence-corrected chi connectivity index (χ4v) is 3.02. The zero-order valence-corrected chi connectivity index (χ0v) is 17.7. The number of nitrogens with zero attached hydrogens (tertiary/aromatic N) is 3. The smallest absolute Gasteiger partial charge is 0.312 e. The largest absolute Gasteiger partial charge is 0.497 e. The lowest BCUT2D eigenvalue weighted by Gasteiger charge is -2.13. The minimum atomic E-state index is -0.548. The van der Waals surface area contributed by atoms with Gasteiger partial charge in [0, 0.05) is 25.4 Å². The fraction of sp³-hybridized carbons (Fsp3) is 0.227. The van der Waals surface area contributed by atoms with E-state index in [4.69, 9.17) is 15.3 Å². The zero-order valence-electron chi connectivity index (χ0n) is 17.7. The molecule has 0 aliphatic carbocycles. The van der Waals surface area contributed by atoms with Crippen LogP contribution in [-0.4, -0.2) is 54.6 Å². The molecule has 9 heteroatoms. The van der Waals surface area contributed by atoms with Gasteiger partial charge in [0.1, 0.15) is 5.75 Å². The van der Waals surface area contributed by atoms with Crippen molar-refractivity contribution in [1.29, 1.82) is 0 Å². The summed E-state index contributed by atoms with van der Waals surface area (Å²) in [4.78, 5) is 28.7. The van der Waals surface area contributed by atoms with Crippen LogP contribution in [0.3, 0.4) is 0 Å². The van der Waals surface area contributed by atoms with E-state index in [0.29, 0.717) is 18.5 Å². The molecule has 0 aliphatic rings. The average Bonchev–Trinajstić information content (AvgIpc) is 3.23. The number of hydrogen-bond donors (Lipinski definition) is 2. The second kappa shape index (κ2) is 9.77. The third-order valence-corrected chi connectivity index (χ3v) is 4.79. The highest BCUT2D eigenvalue weighted by atomic mass is 16.7. The predicted octanol–water partition coefficient (Wildman–Crippen LogP) is 2.39. The second-order valence-electron chi connectivity index (χ2n) is 6.76. The van der Waals surface area contributed by atoms with Crippen molar-refractivity contribution in [2.45, 2.75) is 6.42 Å². The Morgan fingerprint density at radius 2 is 1.77 bits per heavy atom. The number of rotatable bonds is 8. The van der Waals surface area contributed by atoms with E-state index >= 15 is 0 Å². The number of methoxy groups -OCH3 is 1. The van der Waals surface area contributed by atoms with Gasteiger partial charge in [-0.2, -0.15) is 5.10 Å². The van der Waals surface area contributed by atoms with Crippen molar-refractivity contribution < 1.29 is 19.2 Å². The first-order chi connectivity index (χ1) is 14.9. The van der Waals surface area contributed by atoms with Crippen molar-refractivity contribution >= 4 is 11.9 Å². The average molecular weight is 423 g/mol. The Kier molecular flexibility index (Phi) is 6.88. The van der Waals surface area contributed by atoms with Crippen LogP contribution in [-0.2, 0) is 11.3 Å². The van der Waals surface area contributed by atoms with Gasteiger partial charge < -0.3 is 15.8 Å². The topological polar surface area (TPSA) is 112 Å². The van der Waals surface area contributed by atoms with Gasteiger partial charge >= 0.3 is 6.03 Å². The first-order valence-corrected chi connectivity index (χ1v) is 9.61. The number of benzene rings is 2. The molecular formula is C22H25N5O4. The molecule has 3 amide bonds. The van der Waals surface area contributed by atoms with Gasteiger partial charge in [-0.3, -0.25) is 9.63 Å². The van der Waals surface area contributed by atoms with Crippen LogP contribution in [0.1, 0.15) is 16.1 Å². The van der Waals surface area contributed by atoms with Gasteiger partial charge in [0.25, 0.3) is 5.91 Å². The first kappa shape index (κ1) is 21.8. The molecule has 9 nitrogen and oxygen atoms in total. The number of urea groups is 1. The molecular weight excluding hydrogens is 398 g/mol. The Hall–Kier alpha value is -3.85. The van der Waals surface area contributed by atoms with Crippen LogP contribution in [0.2, 0.25) is 0 Å². The van der Waals surface area contributed by atoms with Gasteiger partial charge in [-0.25, -0.2) is 14.5 Å². The monoisotopic (exact) mass is 423 g/mol. The normalized spacial score (nSPS) is 10.5. The summed E-state index contributed by atoms with van der Waals surface area (Å²) in [5.74, 6) is 0.368. The SMILES string of the molecule is COc1ccc(-n2cc(-c3ccc(CCNC(N)=O)cc3)c(C(=O)N(C)OC)n2)cc1. The lowest BCUT2D eigenvalue weighted by Crippen LogP contribution is -2.30. The molecule has 0 atom stereocenters. The van der Waals surface area contributed by atoms with E-state index in [0.717, 1.165) is 27.6 Å². The quantitative estimate of drug-likeness (QED) is 0.541. The minimum absolute atomic E-state index is 0.267. The lowest BCUT2D eigenvalue weighted by atomic mass is 10.0. The van der Waals surface area contributed by atoms with E-state index in [2.05, 4.69) is 10.4 Å². The van der Waals surface area contributed by atoms with Crippen LogP contribution in [0, 0.1) is 0 Å². The molecule has 3 N–H and O–H groups in total. The molecule has 0 fully saturated rings. The summed E-state index contributed by atoms with van der Waals surface area (Å²) in [5, 5.41) is 8.21. The summed E-state index contributed by atoms with van der Waals surface area (Å²) in [6.45, 7) is 0.451. The number of carbonyl (C=O) groups is 2. The molecule has 0 saturated heterocycles. The lowest BCUT2D eigenvalue weighted by molar-refractivity contribution is -0.0760. The number of amides is 3. The number of hydroxylamine groups is 2. The van der Waals surface area contributed by atoms with Gasteiger partial charge in [0.2, 0.25) is 0 Å². The molecule has 0 unspecified atom stereocenters. The summed E-state index contributed by atoms with van der Waals surface area (Å²) in [7, 11) is 4.56. The van der Waals surface area contributed by atoms with Crippen LogP contribution in [0.4, 0.5) is 4.79 Å². The maximum atomic E-state index is 12.8. The van der Waals surface area contributed by atoms with Gasteiger partial charge in [0.15, 0.2) is 5.69 Å². The Morgan fingerprint density at radius 1 is 1.10 bits per heavy atom. The van der Waals surface area contributed by atoms with E-state index in [-0.39, 0.29) is 11.6 Å². The summed E-state index contributed by atoms with van der Waals surface area (Å²) in [6.07, 6.45) is 2.45. The molecule has 3 rings (SSSR count). The maximum absolute atomic E-state index is 12.8. The summed E-state index contributed by atoms with van der Waals surface area (Å²) in [5.41, 5.74) is 8.68. The molecule has 1 heterocycles. The highest BCUT2D eigenvalue weighted by Gasteiger charge is 2.22. The van der Waals surface area contributed by atoms with Gasteiger partial charge in [-0.1, -0.05) is 24.3 Å². The molecule has 1 aromatic heterocycles. The summed E-state index contributed by atoms with van der Waals surface area (Å²) in [6, 6.07) is 14.5. The van der Waals surface area contributed by atoms with E-state index in [1.54, 1.807) is 11.8 Å². The fourth-order valence-electron chi connectivity index (χ4n) is 3.02. The number of hydrogen-bond acceptors (Lipinski definition) is 5. The second-order valence-corrected chi connectivity index (χ2v) is 6.76. The number of carbonyl (C=O) groups excluding carboxylic acids is 2. The number of aromatic nitrogens is 2. The molecule has 0 aliphatic heterocycles. The van der Waals surface area contributed by atoms with Crippen LogP contribution in [0.15, 0.2) is 54.7 Å². The Bertz CT molecular complexity index is 1040. The van der Waals surface area contributed by atoms with Crippen molar-refractivity contribution in [3.05, 3.63) is 66.0 Å². The molecule has 0 spiro atoms. The molecule has 2 aromatic carbocycles. The number of nitrogens with one attached hydrogen (secondary N) is 1. The highest BCUT2D eigenvalue weighted by Crippen LogP contribution is 2.27. The standard InChI is InChI=1S/C22H25N5O4/c1-26(31-3)21(28)20-19(14-27(25-20)17-8-10-18(30-2)11-9-17)16-6-4-15(5-7-16)12-13-24-22(23)29/h4-11,14H,12-13H2,1-3H3,(H3,23,24,29). The van der Waals surface area contributed by atoms with Gasteiger partial charge in [-0.15, -0.1) is 0 Å². The molecule has 3 aromatic rings. The van der Waals surface area contributed by atoms with Crippen molar-refractivity contribution in [3.63, 3.8) is 0 Å². The van der Waals surface area contributed by atoms with Crippen LogP contribution >= 0.6 is 0 Å². The van der Waals surface area contributed by atoms with Gasteiger partial charge in [0.05, 0.1) is 19.9 Å². The summed E-state index contributed by atoms with van der Waals surface area (Å²) < 4.78 is 6.85. The maximum Gasteiger partial charge on any atom is 0.312 e. The van der Waals surface area contributed by atoms with Gasteiger partial charge in [-0.05, 0) is 41.8 Å². The number of nitrogens with two attached hydrogens (primary N) is 1. The third kappa shape index (κ3) is 5.20. The van der Waals surface area contributed by atoms with Crippen molar-refractivity contribution in [3.8, 4) is 22.6 Å². The Balaban J connectivity index is 1.94. The number of ether oxygens (including phenoxy) is 1. The molecule has 0 saturated carbocycles. The highest BCUT2D eigenvalue weighted by molar-refractivity contribution is 5.98.